The zero-order chi connectivity index (χ0) is 35.7. The van der Waals surface area contributed by atoms with Crippen molar-refractivity contribution < 1.29 is 0 Å². The van der Waals surface area contributed by atoms with Crippen LogP contribution in [0.5, 0.6) is 0 Å². The second-order valence-corrected chi connectivity index (χ2v) is 14.8. The maximum absolute atomic E-state index is 4.04. The summed E-state index contributed by atoms with van der Waals surface area (Å²) in [6.07, 6.45) is 6.47. The number of aryl methyl sites for hydroxylation is 1. The number of fused-ring (bicyclic) bond motifs is 4. The van der Waals surface area contributed by atoms with Gasteiger partial charge in [-0.1, -0.05) is 161 Å². The second kappa shape index (κ2) is 14.2. The van der Waals surface area contributed by atoms with Gasteiger partial charge in [-0.2, -0.15) is 0 Å². The van der Waals surface area contributed by atoms with E-state index in [0.717, 1.165) is 24.9 Å². The molecular formula is C51H47N. The number of hydrogen-bond acceptors (Lipinski definition) is 1. The van der Waals surface area contributed by atoms with Crippen LogP contribution in [0, 0.1) is 5.92 Å². The Balaban J connectivity index is 1.25. The summed E-state index contributed by atoms with van der Waals surface area (Å²) in [5.74, 6) is 0.638. The highest BCUT2D eigenvalue weighted by molar-refractivity contribution is 6.06. The van der Waals surface area contributed by atoms with Crippen LogP contribution in [0.4, 0.5) is 17.1 Å². The van der Waals surface area contributed by atoms with Gasteiger partial charge in [-0.3, -0.25) is 0 Å². The van der Waals surface area contributed by atoms with Crippen molar-refractivity contribution in [3.05, 3.63) is 187 Å². The molecule has 0 saturated carbocycles. The van der Waals surface area contributed by atoms with Gasteiger partial charge in [-0.25, -0.2) is 0 Å². The third-order valence-corrected chi connectivity index (χ3v) is 11.4. The van der Waals surface area contributed by atoms with E-state index in [0.29, 0.717) is 5.92 Å². The third-order valence-electron chi connectivity index (χ3n) is 11.4. The average molecular weight is 674 g/mol. The zero-order valence-electron chi connectivity index (χ0n) is 30.6. The first-order chi connectivity index (χ1) is 25.5. The predicted molar refractivity (Wildman–Crippen MR) is 224 cm³/mol. The van der Waals surface area contributed by atoms with E-state index in [9.17, 15) is 0 Å². The zero-order valence-corrected chi connectivity index (χ0v) is 30.6. The fourth-order valence-electron chi connectivity index (χ4n) is 8.51. The highest BCUT2D eigenvalue weighted by Crippen LogP contribution is 2.51. The smallest absolute Gasteiger partial charge is 0.0493 e. The Morgan fingerprint density at radius 3 is 1.94 bits per heavy atom. The lowest BCUT2D eigenvalue weighted by Gasteiger charge is -2.30. The maximum atomic E-state index is 4.04. The molecule has 0 N–H and O–H groups in total. The van der Waals surface area contributed by atoms with Crippen molar-refractivity contribution in [2.45, 2.75) is 51.9 Å². The largest absolute Gasteiger partial charge is 0.310 e. The van der Waals surface area contributed by atoms with E-state index in [1.165, 1.54) is 78.6 Å². The van der Waals surface area contributed by atoms with Crippen LogP contribution in [-0.4, -0.2) is 0 Å². The van der Waals surface area contributed by atoms with Gasteiger partial charge in [0.25, 0.3) is 0 Å². The van der Waals surface area contributed by atoms with Crippen molar-refractivity contribution in [2.24, 2.45) is 5.92 Å². The van der Waals surface area contributed by atoms with Crippen LogP contribution in [0.1, 0.15) is 56.7 Å². The van der Waals surface area contributed by atoms with Crippen LogP contribution >= 0.6 is 0 Å². The molecule has 0 aliphatic heterocycles. The van der Waals surface area contributed by atoms with E-state index < -0.39 is 0 Å². The van der Waals surface area contributed by atoms with Gasteiger partial charge in [0.2, 0.25) is 0 Å². The standard InChI is InChI=1S/C51H47N/c1-5-16-36(6-2)27-28-39-19-10-13-26-49(39)52(42-33-34-46-45-22-11-12-25-47(45)51(3,4)48(46)35-42)41-31-29-38(30-32-41)44-24-15-21-40-20-14-23-43(50(40)44)37-17-8-7-9-18-37/h5,7-15,17-26,29-36H,1,6,16,27-28H2,2-4H3. The minimum absolute atomic E-state index is 0.0825. The quantitative estimate of drug-likeness (QED) is 0.124. The van der Waals surface area contributed by atoms with Gasteiger partial charge in [0, 0.05) is 22.5 Å². The number of hydrogen-bond donors (Lipinski definition) is 0. The normalized spacial score (nSPS) is 13.4. The predicted octanol–water partition coefficient (Wildman–Crippen LogP) is 14.5. The fraction of sp³-hybridized carbons (Fsp3) is 0.176. The molecule has 7 aromatic rings. The number of anilines is 3. The number of allylic oxidation sites excluding steroid dienone is 1. The maximum Gasteiger partial charge on any atom is 0.0493 e. The molecule has 0 radical (unpaired) electrons. The average Bonchev–Trinajstić information content (AvgIpc) is 3.42. The van der Waals surface area contributed by atoms with Crippen LogP contribution in [0.15, 0.2) is 170 Å². The SMILES string of the molecule is C=CCC(CC)CCc1ccccc1N(c1ccc(-c2cccc3cccc(-c4ccccc4)c23)cc1)c1ccc2c(c1)C(C)(C)c1ccccc1-2. The Morgan fingerprint density at radius 2 is 1.21 bits per heavy atom. The molecule has 1 atom stereocenters. The van der Waals surface area contributed by atoms with Gasteiger partial charge < -0.3 is 4.90 Å². The molecule has 1 heteroatoms. The Morgan fingerprint density at radius 1 is 0.596 bits per heavy atom. The van der Waals surface area contributed by atoms with E-state index >= 15 is 0 Å². The van der Waals surface area contributed by atoms with Crippen molar-refractivity contribution in [1.29, 1.82) is 0 Å². The van der Waals surface area contributed by atoms with E-state index in [2.05, 4.69) is 196 Å². The van der Waals surface area contributed by atoms with Crippen molar-refractivity contribution >= 4 is 27.8 Å². The second-order valence-electron chi connectivity index (χ2n) is 14.8. The van der Waals surface area contributed by atoms with E-state index in [4.69, 9.17) is 0 Å². The lowest BCUT2D eigenvalue weighted by atomic mass is 9.82. The topological polar surface area (TPSA) is 3.24 Å². The van der Waals surface area contributed by atoms with Gasteiger partial charge in [0.1, 0.15) is 0 Å². The number of para-hydroxylation sites is 1. The summed E-state index contributed by atoms with van der Waals surface area (Å²) in [6, 6.07) is 58.4. The van der Waals surface area contributed by atoms with E-state index in [-0.39, 0.29) is 5.41 Å². The Labute approximate surface area is 309 Å². The molecule has 256 valence electrons. The molecule has 52 heavy (non-hydrogen) atoms. The van der Waals surface area contributed by atoms with Crippen LogP contribution in [0.3, 0.4) is 0 Å². The lowest BCUT2D eigenvalue weighted by Crippen LogP contribution is -2.17. The molecule has 1 unspecified atom stereocenters. The highest BCUT2D eigenvalue weighted by Gasteiger charge is 2.35. The van der Waals surface area contributed by atoms with Crippen LogP contribution in [0.2, 0.25) is 0 Å². The number of benzene rings is 7. The minimum Gasteiger partial charge on any atom is -0.310 e. The molecule has 1 aliphatic rings. The highest BCUT2D eigenvalue weighted by atomic mass is 15.1. The summed E-state index contributed by atoms with van der Waals surface area (Å²) >= 11 is 0. The van der Waals surface area contributed by atoms with Crippen molar-refractivity contribution in [2.75, 3.05) is 4.90 Å². The van der Waals surface area contributed by atoms with Gasteiger partial charge in [0.15, 0.2) is 0 Å². The molecule has 1 nitrogen and oxygen atoms in total. The van der Waals surface area contributed by atoms with Gasteiger partial charge in [0.05, 0.1) is 0 Å². The molecular weight excluding hydrogens is 627 g/mol. The summed E-state index contributed by atoms with van der Waals surface area (Å²) < 4.78 is 0. The first-order valence-corrected chi connectivity index (χ1v) is 18.9. The Kier molecular flexibility index (Phi) is 9.12. The first kappa shape index (κ1) is 33.5. The summed E-state index contributed by atoms with van der Waals surface area (Å²) in [6.45, 7) is 11.1. The van der Waals surface area contributed by atoms with Crippen molar-refractivity contribution in [3.8, 4) is 33.4 Å². The fourth-order valence-corrected chi connectivity index (χ4v) is 8.51. The molecule has 0 spiro atoms. The van der Waals surface area contributed by atoms with Crippen molar-refractivity contribution in [1.82, 2.24) is 0 Å². The summed E-state index contributed by atoms with van der Waals surface area (Å²) in [7, 11) is 0. The van der Waals surface area contributed by atoms with Crippen LogP contribution in [0.25, 0.3) is 44.2 Å². The first-order valence-electron chi connectivity index (χ1n) is 18.9. The minimum atomic E-state index is -0.0825. The monoisotopic (exact) mass is 673 g/mol. The lowest BCUT2D eigenvalue weighted by molar-refractivity contribution is 0.477. The van der Waals surface area contributed by atoms with Gasteiger partial charge in [-0.15, -0.1) is 6.58 Å². The molecule has 0 amide bonds. The molecule has 0 heterocycles. The molecule has 7 aromatic carbocycles. The molecule has 8 rings (SSSR count). The Hall–Kier alpha value is -5.66. The molecule has 1 aliphatic carbocycles. The van der Waals surface area contributed by atoms with E-state index in [1.54, 1.807) is 0 Å². The molecule has 0 fully saturated rings. The molecule has 0 aromatic heterocycles. The van der Waals surface area contributed by atoms with Crippen LogP contribution < -0.4 is 4.90 Å². The number of rotatable bonds is 11. The molecule has 0 bridgehead atoms. The Bertz CT molecular complexity index is 2360. The summed E-state index contributed by atoms with van der Waals surface area (Å²) in [5, 5.41) is 2.54. The molecule has 0 saturated heterocycles. The van der Waals surface area contributed by atoms with Crippen LogP contribution in [-0.2, 0) is 11.8 Å². The number of nitrogens with zero attached hydrogens (tertiary/aromatic N) is 1. The van der Waals surface area contributed by atoms with Gasteiger partial charge in [-0.05, 0) is 116 Å². The van der Waals surface area contributed by atoms with Crippen molar-refractivity contribution in [3.63, 3.8) is 0 Å². The van der Waals surface area contributed by atoms with Gasteiger partial charge >= 0.3 is 0 Å². The van der Waals surface area contributed by atoms with E-state index in [1.807, 2.05) is 0 Å². The summed E-state index contributed by atoms with van der Waals surface area (Å²) in [4.78, 5) is 2.49. The third kappa shape index (κ3) is 6.05. The summed E-state index contributed by atoms with van der Waals surface area (Å²) in [5.41, 5.74) is 15.3.